The van der Waals surface area contributed by atoms with E-state index in [9.17, 15) is 8.42 Å². The second kappa shape index (κ2) is 3.95. The molecule has 0 fully saturated rings. The summed E-state index contributed by atoms with van der Waals surface area (Å²) in [5, 5.41) is 6.85. The van der Waals surface area contributed by atoms with E-state index in [1.54, 1.807) is 18.2 Å². The Morgan fingerprint density at radius 1 is 1.36 bits per heavy atom. The van der Waals surface area contributed by atoms with Crippen LogP contribution in [0.1, 0.15) is 1.43 Å². The van der Waals surface area contributed by atoms with E-state index in [1.807, 2.05) is 0 Å². The second-order valence-corrected chi connectivity index (χ2v) is 3.64. The molecule has 0 aliphatic carbocycles. The van der Waals surface area contributed by atoms with Crippen molar-refractivity contribution in [2.75, 3.05) is 0 Å². The zero-order chi connectivity index (χ0) is 9.47. The number of benzene rings is 1. The van der Waals surface area contributed by atoms with Gasteiger partial charge in [-0.05, 0) is 17.3 Å². The molecule has 0 aliphatic rings. The van der Waals surface area contributed by atoms with Crippen LogP contribution in [0.3, 0.4) is 0 Å². The topological polar surface area (TPSA) is 85.1 Å². The Kier molecular flexibility index (Phi) is 3.28. The van der Waals surface area contributed by atoms with Gasteiger partial charge in [-0.1, -0.05) is 12.1 Å². The number of nitrogens with zero attached hydrogens (tertiary/aromatic N) is 3. The molecule has 1 heterocycles. The maximum atomic E-state index is 10.7. The fraction of sp³-hybridized carbons (Fsp3) is 0. The van der Waals surface area contributed by atoms with Gasteiger partial charge in [-0.3, -0.25) is 4.55 Å². The van der Waals surface area contributed by atoms with Crippen LogP contribution < -0.4 is 29.6 Å². The molecule has 1 aromatic heterocycles. The normalized spacial score (nSPS) is 11.2. The molecule has 1 N–H and O–H groups in total. The molecule has 0 saturated heterocycles. The first kappa shape index (κ1) is 11.6. The number of rotatable bonds is 1. The molecular weight excluding hydrogens is 217 g/mol. The summed E-state index contributed by atoms with van der Waals surface area (Å²) in [6, 6.07) is 6.44. The predicted octanol–water partition coefficient (Wildman–Crippen LogP) is -2.80. The van der Waals surface area contributed by atoms with Crippen LogP contribution in [0.5, 0.6) is 0 Å². The van der Waals surface area contributed by atoms with Crippen LogP contribution in [0, 0.1) is 0 Å². The van der Waals surface area contributed by atoms with Crippen LogP contribution in [0.2, 0.25) is 0 Å². The number of hydrogen-bond donors (Lipinski definition) is 1. The van der Waals surface area contributed by atoms with Crippen LogP contribution in [0.25, 0.3) is 11.0 Å². The summed E-state index contributed by atoms with van der Waals surface area (Å²) in [6.45, 7) is 0. The van der Waals surface area contributed by atoms with Gasteiger partial charge in [0, 0.05) is 0 Å². The van der Waals surface area contributed by atoms with Crippen molar-refractivity contribution in [3.05, 3.63) is 24.3 Å². The Morgan fingerprint density at radius 2 is 2.00 bits per heavy atom. The Labute approximate surface area is 104 Å². The summed E-state index contributed by atoms with van der Waals surface area (Å²) in [7, 11) is -4.34. The summed E-state index contributed by atoms with van der Waals surface area (Å²) in [5.74, 6) is 0. The Balaban J connectivity index is 0.000000980. The Hall–Kier alpha value is -0.470. The van der Waals surface area contributed by atoms with Crippen molar-refractivity contribution in [2.45, 2.75) is 0 Å². The molecule has 2 aromatic rings. The maximum Gasteiger partial charge on any atom is 1.00 e. The molecule has 0 saturated carbocycles. The number of fused-ring (bicyclic) bond motifs is 1. The van der Waals surface area contributed by atoms with Crippen LogP contribution in [0.4, 0.5) is 0 Å². The third-order valence-corrected chi connectivity index (χ3v) is 2.25. The standard InChI is InChI=1S/C6H5N3O3S.Na.H/c10-13(11,12)9-6-4-2-1-3-5(6)7-8-9;;/h1-4H,(H,10,11,12);;/q;+1;-1. The van der Waals surface area contributed by atoms with Crippen molar-refractivity contribution in [1.29, 1.82) is 0 Å². The van der Waals surface area contributed by atoms with E-state index in [0.717, 1.165) is 0 Å². The van der Waals surface area contributed by atoms with Crippen molar-refractivity contribution in [3.8, 4) is 0 Å². The summed E-state index contributed by atoms with van der Waals surface area (Å²) in [5.41, 5.74) is 0.671. The first-order valence-corrected chi connectivity index (χ1v) is 4.77. The molecule has 0 aliphatic heterocycles. The molecule has 0 unspecified atom stereocenters. The summed E-state index contributed by atoms with van der Waals surface area (Å²) < 4.78 is 30.6. The fourth-order valence-corrected chi connectivity index (χ4v) is 1.55. The van der Waals surface area contributed by atoms with Crippen LogP contribution in [-0.4, -0.2) is 27.4 Å². The maximum absolute atomic E-state index is 10.7. The average Bonchev–Trinajstić information content (AvgIpc) is 2.45. The molecule has 0 bridgehead atoms. The van der Waals surface area contributed by atoms with Gasteiger partial charge in [0.25, 0.3) is 0 Å². The van der Waals surface area contributed by atoms with Gasteiger partial charge in [-0.15, -0.1) is 9.19 Å². The second-order valence-electron chi connectivity index (χ2n) is 2.40. The summed E-state index contributed by atoms with van der Waals surface area (Å²) >= 11 is 0. The van der Waals surface area contributed by atoms with Gasteiger partial charge in [0.1, 0.15) is 11.0 Å². The molecule has 2 rings (SSSR count). The van der Waals surface area contributed by atoms with Gasteiger partial charge in [0.2, 0.25) is 0 Å². The Morgan fingerprint density at radius 3 is 2.64 bits per heavy atom. The van der Waals surface area contributed by atoms with E-state index >= 15 is 0 Å². The van der Waals surface area contributed by atoms with E-state index in [0.29, 0.717) is 9.60 Å². The molecular formula is C6H6N3NaO3S. The van der Waals surface area contributed by atoms with Crippen molar-refractivity contribution >= 4 is 21.3 Å². The first-order valence-electron chi connectivity index (χ1n) is 3.37. The third-order valence-electron chi connectivity index (χ3n) is 1.54. The minimum Gasteiger partial charge on any atom is -1.00 e. The van der Waals surface area contributed by atoms with E-state index in [1.165, 1.54) is 6.07 Å². The monoisotopic (exact) mass is 223 g/mol. The summed E-state index contributed by atoms with van der Waals surface area (Å²) in [6.07, 6.45) is 0. The predicted molar refractivity (Wildman–Crippen MR) is 45.6 cm³/mol. The van der Waals surface area contributed by atoms with Gasteiger partial charge in [0.15, 0.2) is 0 Å². The van der Waals surface area contributed by atoms with Crippen molar-refractivity contribution in [1.82, 2.24) is 14.4 Å². The van der Waals surface area contributed by atoms with Crippen molar-refractivity contribution in [3.63, 3.8) is 0 Å². The van der Waals surface area contributed by atoms with E-state index in [-0.39, 0.29) is 36.5 Å². The number of aromatic nitrogens is 3. The SMILES string of the molecule is O=S(=O)(O)n1nnc2ccccc21.[H-].[Na+]. The molecule has 14 heavy (non-hydrogen) atoms. The van der Waals surface area contributed by atoms with E-state index < -0.39 is 10.3 Å². The van der Waals surface area contributed by atoms with Crippen LogP contribution in [-0.2, 0) is 10.3 Å². The quantitative estimate of drug-likeness (QED) is 0.417. The fourth-order valence-electron chi connectivity index (χ4n) is 1.02. The molecule has 0 atom stereocenters. The molecule has 70 valence electrons. The largest absolute Gasteiger partial charge is 1.00 e. The first-order chi connectivity index (χ1) is 6.09. The molecule has 8 heteroatoms. The van der Waals surface area contributed by atoms with Gasteiger partial charge in [-0.2, -0.15) is 8.42 Å². The summed E-state index contributed by atoms with van der Waals surface area (Å²) in [4.78, 5) is 0. The Bertz CT molecular complexity index is 556. The van der Waals surface area contributed by atoms with Gasteiger partial charge in [0.05, 0.1) is 0 Å². The zero-order valence-corrected chi connectivity index (χ0v) is 10.1. The minimum absolute atomic E-state index is 0. The van der Waals surface area contributed by atoms with E-state index in [2.05, 4.69) is 10.3 Å². The molecule has 0 amide bonds. The molecule has 0 spiro atoms. The number of para-hydroxylation sites is 1. The van der Waals surface area contributed by atoms with Gasteiger partial charge >= 0.3 is 39.9 Å². The van der Waals surface area contributed by atoms with Crippen LogP contribution >= 0.6 is 0 Å². The molecule has 0 radical (unpaired) electrons. The van der Waals surface area contributed by atoms with Gasteiger partial charge in [-0.25, -0.2) is 0 Å². The van der Waals surface area contributed by atoms with Crippen molar-refractivity contribution in [2.24, 2.45) is 0 Å². The number of hydrogen-bond acceptors (Lipinski definition) is 4. The zero-order valence-electron chi connectivity index (χ0n) is 8.32. The van der Waals surface area contributed by atoms with E-state index in [4.69, 9.17) is 4.55 Å². The minimum atomic E-state index is -4.34. The average molecular weight is 223 g/mol. The molecule has 1 aromatic carbocycles. The van der Waals surface area contributed by atoms with Crippen molar-refractivity contribution < 1.29 is 44.0 Å². The third kappa shape index (κ3) is 1.96. The van der Waals surface area contributed by atoms with Crippen LogP contribution in [0.15, 0.2) is 24.3 Å². The van der Waals surface area contributed by atoms with Gasteiger partial charge < -0.3 is 1.43 Å². The smallest absolute Gasteiger partial charge is 1.00 e. The molecule has 6 nitrogen and oxygen atoms in total.